The van der Waals surface area contributed by atoms with Crippen molar-refractivity contribution >= 4 is 10.9 Å². The number of furan rings is 1. The van der Waals surface area contributed by atoms with Crippen molar-refractivity contribution in [3.63, 3.8) is 0 Å². The molecule has 0 aliphatic rings. The average Bonchev–Trinajstić information content (AvgIpc) is 3.13. The highest BCUT2D eigenvalue weighted by Gasteiger charge is 2.05. The summed E-state index contributed by atoms with van der Waals surface area (Å²) in [6.07, 6.45) is 3.80. The number of hydrogen-bond donors (Lipinski definition) is 1. The molecule has 0 saturated heterocycles. The van der Waals surface area contributed by atoms with Gasteiger partial charge in [0.15, 0.2) is 0 Å². The summed E-state index contributed by atoms with van der Waals surface area (Å²) in [7, 11) is 1.71. The van der Waals surface area contributed by atoms with Crippen LogP contribution in [0, 0.1) is 0 Å². The highest BCUT2D eigenvalue weighted by molar-refractivity contribution is 5.86. The van der Waals surface area contributed by atoms with Gasteiger partial charge in [-0.25, -0.2) is 0 Å². The quantitative estimate of drug-likeness (QED) is 0.700. The van der Waals surface area contributed by atoms with E-state index in [0.717, 1.165) is 36.5 Å². The first-order valence-corrected chi connectivity index (χ1v) is 6.73. The van der Waals surface area contributed by atoms with Crippen LogP contribution in [0.25, 0.3) is 10.9 Å². The first kappa shape index (κ1) is 12.8. The Balaban J connectivity index is 1.63. The van der Waals surface area contributed by atoms with Crippen LogP contribution in [0.4, 0.5) is 0 Å². The molecule has 0 spiro atoms. The van der Waals surface area contributed by atoms with Crippen molar-refractivity contribution in [2.75, 3.05) is 13.7 Å². The monoisotopic (exact) mass is 270 g/mol. The Morgan fingerprint density at radius 1 is 1.20 bits per heavy atom. The van der Waals surface area contributed by atoms with E-state index in [4.69, 9.17) is 9.15 Å². The van der Waals surface area contributed by atoms with Crippen LogP contribution in [0.5, 0.6) is 5.75 Å². The molecule has 0 fully saturated rings. The van der Waals surface area contributed by atoms with Gasteiger partial charge in [0, 0.05) is 24.7 Å². The zero-order chi connectivity index (χ0) is 13.8. The molecule has 20 heavy (non-hydrogen) atoms. The number of benzene rings is 1. The summed E-state index contributed by atoms with van der Waals surface area (Å²) in [4.78, 5) is 0. The largest absolute Gasteiger partial charge is 0.496 e. The molecule has 1 N–H and O–H groups in total. The van der Waals surface area contributed by atoms with Crippen molar-refractivity contribution in [2.24, 2.45) is 0 Å². The molecule has 3 aromatic rings. The Kier molecular flexibility index (Phi) is 3.74. The van der Waals surface area contributed by atoms with Gasteiger partial charge in [-0.15, -0.1) is 0 Å². The van der Waals surface area contributed by atoms with Crippen molar-refractivity contribution in [1.82, 2.24) is 9.88 Å². The predicted molar refractivity (Wildman–Crippen MR) is 78.9 cm³/mol. The lowest BCUT2D eigenvalue weighted by Gasteiger charge is -2.07. The van der Waals surface area contributed by atoms with Crippen LogP contribution in [-0.4, -0.2) is 18.2 Å². The molecule has 0 unspecified atom stereocenters. The van der Waals surface area contributed by atoms with Gasteiger partial charge < -0.3 is 19.0 Å². The maximum absolute atomic E-state index is 5.37. The second kappa shape index (κ2) is 5.84. The third-order valence-electron chi connectivity index (χ3n) is 3.40. The SMILES string of the molecule is COc1cccc2c1ccn2CCNCc1ccco1. The fourth-order valence-corrected chi connectivity index (χ4v) is 2.39. The van der Waals surface area contributed by atoms with E-state index in [1.165, 1.54) is 5.52 Å². The standard InChI is InChI=1S/C16H18N2O2/c1-19-16-6-2-5-15-14(16)7-9-18(15)10-8-17-12-13-4-3-11-20-13/h2-7,9,11,17H,8,10,12H2,1H3. The van der Waals surface area contributed by atoms with E-state index in [0.29, 0.717) is 0 Å². The Morgan fingerprint density at radius 3 is 2.95 bits per heavy atom. The van der Waals surface area contributed by atoms with Crippen LogP contribution in [0.2, 0.25) is 0 Å². The van der Waals surface area contributed by atoms with Crippen LogP contribution in [0.1, 0.15) is 5.76 Å². The minimum absolute atomic E-state index is 0.759. The lowest BCUT2D eigenvalue weighted by Crippen LogP contribution is -2.18. The number of methoxy groups -OCH3 is 1. The first-order chi connectivity index (χ1) is 9.88. The summed E-state index contributed by atoms with van der Waals surface area (Å²) >= 11 is 0. The summed E-state index contributed by atoms with van der Waals surface area (Å²) in [6, 6.07) is 12.1. The van der Waals surface area contributed by atoms with Crippen LogP contribution in [0.3, 0.4) is 0 Å². The molecule has 104 valence electrons. The molecule has 1 aromatic carbocycles. The van der Waals surface area contributed by atoms with Gasteiger partial charge in [-0.2, -0.15) is 0 Å². The maximum Gasteiger partial charge on any atom is 0.128 e. The molecule has 4 heteroatoms. The number of rotatable bonds is 6. The molecule has 4 nitrogen and oxygen atoms in total. The molecular formula is C16H18N2O2. The second-order valence-electron chi connectivity index (χ2n) is 4.66. The summed E-state index contributed by atoms with van der Waals surface area (Å²) < 4.78 is 12.9. The molecule has 0 atom stereocenters. The molecule has 0 aliphatic heterocycles. The van der Waals surface area contributed by atoms with Gasteiger partial charge in [0.05, 0.1) is 25.4 Å². The van der Waals surface area contributed by atoms with E-state index >= 15 is 0 Å². The van der Waals surface area contributed by atoms with Gasteiger partial charge in [0.2, 0.25) is 0 Å². The molecule has 3 rings (SSSR count). The van der Waals surface area contributed by atoms with Crippen LogP contribution < -0.4 is 10.1 Å². The maximum atomic E-state index is 5.37. The Morgan fingerprint density at radius 2 is 2.15 bits per heavy atom. The summed E-state index contributed by atoms with van der Waals surface area (Å²) in [5.41, 5.74) is 1.20. The lowest BCUT2D eigenvalue weighted by molar-refractivity contribution is 0.420. The Labute approximate surface area is 118 Å². The molecule has 0 aliphatic carbocycles. The molecule has 0 bridgehead atoms. The zero-order valence-electron chi connectivity index (χ0n) is 11.5. The van der Waals surface area contributed by atoms with Crippen LogP contribution in [0.15, 0.2) is 53.3 Å². The van der Waals surface area contributed by atoms with Crippen LogP contribution in [-0.2, 0) is 13.1 Å². The van der Waals surface area contributed by atoms with Gasteiger partial charge in [-0.3, -0.25) is 0 Å². The topological polar surface area (TPSA) is 39.3 Å². The Hall–Kier alpha value is -2.20. The minimum atomic E-state index is 0.759. The number of nitrogens with one attached hydrogen (secondary N) is 1. The number of ether oxygens (including phenoxy) is 1. The van der Waals surface area contributed by atoms with E-state index in [1.54, 1.807) is 13.4 Å². The van der Waals surface area contributed by atoms with Crippen molar-refractivity contribution in [1.29, 1.82) is 0 Å². The Bertz CT molecular complexity index is 671. The zero-order valence-corrected chi connectivity index (χ0v) is 11.5. The van der Waals surface area contributed by atoms with E-state index in [1.807, 2.05) is 24.3 Å². The van der Waals surface area contributed by atoms with Crippen molar-refractivity contribution in [3.05, 3.63) is 54.6 Å². The summed E-state index contributed by atoms with van der Waals surface area (Å²) in [5.74, 6) is 1.88. The molecule has 0 saturated carbocycles. The normalized spacial score (nSPS) is 11.1. The number of nitrogens with zero attached hydrogens (tertiary/aromatic N) is 1. The van der Waals surface area contributed by atoms with Gasteiger partial charge in [-0.05, 0) is 30.3 Å². The summed E-state index contributed by atoms with van der Waals surface area (Å²) in [6.45, 7) is 2.56. The third-order valence-corrected chi connectivity index (χ3v) is 3.40. The van der Waals surface area contributed by atoms with Crippen molar-refractivity contribution < 1.29 is 9.15 Å². The lowest BCUT2D eigenvalue weighted by atomic mass is 10.2. The number of hydrogen-bond acceptors (Lipinski definition) is 3. The molecule has 0 radical (unpaired) electrons. The van der Waals surface area contributed by atoms with E-state index in [-0.39, 0.29) is 0 Å². The van der Waals surface area contributed by atoms with E-state index in [9.17, 15) is 0 Å². The van der Waals surface area contributed by atoms with E-state index in [2.05, 4.69) is 28.2 Å². The van der Waals surface area contributed by atoms with Crippen molar-refractivity contribution in [2.45, 2.75) is 13.1 Å². The highest BCUT2D eigenvalue weighted by atomic mass is 16.5. The fourth-order valence-electron chi connectivity index (χ4n) is 2.39. The van der Waals surface area contributed by atoms with Crippen LogP contribution >= 0.6 is 0 Å². The third kappa shape index (κ3) is 2.56. The highest BCUT2D eigenvalue weighted by Crippen LogP contribution is 2.25. The number of fused-ring (bicyclic) bond motifs is 1. The first-order valence-electron chi connectivity index (χ1n) is 6.73. The van der Waals surface area contributed by atoms with Gasteiger partial charge in [-0.1, -0.05) is 6.07 Å². The smallest absolute Gasteiger partial charge is 0.128 e. The van der Waals surface area contributed by atoms with Gasteiger partial charge in [0.1, 0.15) is 11.5 Å². The van der Waals surface area contributed by atoms with E-state index < -0.39 is 0 Å². The fraction of sp³-hybridized carbons (Fsp3) is 0.250. The molecular weight excluding hydrogens is 252 g/mol. The van der Waals surface area contributed by atoms with Gasteiger partial charge in [0.25, 0.3) is 0 Å². The number of aromatic nitrogens is 1. The minimum Gasteiger partial charge on any atom is -0.496 e. The second-order valence-corrected chi connectivity index (χ2v) is 4.66. The molecule has 2 aromatic heterocycles. The van der Waals surface area contributed by atoms with Crippen molar-refractivity contribution in [3.8, 4) is 5.75 Å². The molecule has 0 amide bonds. The summed E-state index contributed by atoms with van der Waals surface area (Å²) in [5, 5.41) is 4.53. The predicted octanol–water partition coefficient (Wildman–Crippen LogP) is 3.03. The molecule has 2 heterocycles. The van der Waals surface area contributed by atoms with Gasteiger partial charge >= 0.3 is 0 Å². The average molecular weight is 270 g/mol.